The molecule has 2 rings (SSSR count). The van der Waals surface area contributed by atoms with Crippen molar-refractivity contribution in [3.05, 3.63) is 14.7 Å². The maximum absolute atomic E-state index is 12.7. The van der Waals surface area contributed by atoms with Crippen LogP contribution >= 0.6 is 27.3 Å². The van der Waals surface area contributed by atoms with Crippen molar-refractivity contribution in [2.45, 2.75) is 43.5 Å². The van der Waals surface area contributed by atoms with Crippen molar-refractivity contribution in [1.82, 2.24) is 4.31 Å². The average molecular weight is 382 g/mol. The molecule has 5 nitrogen and oxygen atoms in total. The molecule has 0 radical (unpaired) electrons. The maximum atomic E-state index is 12.7. The number of aryl methyl sites for hydroxylation is 1. The van der Waals surface area contributed by atoms with E-state index in [1.165, 1.54) is 11.3 Å². The zero-order valence-corrected chi connectivity index (χ0v) is 14.2. The lowest BCUT2D eigenvalue weighted by Crippen LogP contribution is -2.42. The van der Waals surface area contributed by atoms with E-state index in [0.717, 1.165) is 33.8 Å². The van der Waals surface area contributed by atoms with Gasteiger partial charge in [-0.3, -0.25) is 4.79 Å². The lowest BCUT2D eigenvalue weighted by Gasteiger charge is -2.26. The number of carboxylic acid groups (broad SMARTS) is 1. The molecule has 1 saturated carbocycles. The summed E-state index contributed by atoms with van der Waals surface area (Å²) in [5.41, 5.74) is 0. The molecule has 1 N–H and O–H groups in total. The van der Waals surface area contributed by atoms with Gasteiger partial charge in [0.15, 0.2) is 0 Å². The van der Waals surface area contributed by atoms with Crippen LogP contribution < -0.4 is 0 Å². The summed E-state index contributed by atoms with van der Waals surface area (Å²) >= 11 is 4.62. The number of rotatable bonds is 5. The molecular formula is C12H16BrNO4S2. The Labute approximate surface area is 130 Å². The van der Waals surface area contributed by atoms with E-state index in [1.807, 2.05) is 0 Å². The standard InChI is InChI=1S/C12H16BrNO4S2/c1-8-10(6-11(13)19-8)20(17,18)14(7-12(15)16)9-4-2-3-5-9/h6,9H,2-5,7H2,1H3,(H,15,16). The maximum Gasteiger partial charge on any atom is 0.318 e. The van der Waals surface area contributed by atoms with Gasteiger partial charge in [0.25, 0.3) is 0 Å². The van der Waals surface area contributed by atoms with Crippen LogP contribution in [0.1, 0.15) is 30.6 Å². The van der Waals surface area contributed by atoms with Crippen LogP contribution in [0.2, 0.25) is 0 Å². The molecule has 1 aliphatic rings. The number of hydrogen-bond donors (Lipinski definition) is 1. The molecule has 0 bridgehead atoms. The summed E-state index contributed by atoms with van der Waals surface area (Å²) in [6.45, 7) is 1.26. The molecule has 1 heterocycles. The van der Waals surface area contributed by atoms with E-state index in [1.54, 1.807) is 13.0 Å². The minimum atomic E-state index is -3.76. The van der Waals surface area contributed by atoms with Gasteiger partial charge in [-0.25, -0.2) is 8.42 Å². The molecule has 20 heavy (non-hydrogen) atoms. The second kappa shape index (κ2) is 6.13. The zero-order valence-electron chi connectivity index (χ0n) is 11.0. The minimum absolute atomic E-state index is 0.200. The summed E-state index contributed by atoms with van der Waals surface area (Å²) in [4.78, 5) is 11.9. The van der Waals surface area contributed by atoms with E-state index < -0.39 is 22.5 Å². The smallest absolute Gasteiger partial charge is 0.318 e. The minimum Gasteiger partial charge on any atom is -0.480 e. The van der Waals surface area contributed by atoms with Gasteiger partial charge in [0.05, 0.1) is 8.68 Å². The van der Waals surface area contributed by atoms with E-state index >= 15 is 0 Å². The van der Waals surface area contributed by atoms with Gasteiger partial charge in [-0.05, 0) is 41.8 Å². The quantitative estimate of drug-likeness (QED) is 0.850. The average Bonchev–Trinajstić information content (AvgIpc) is 2.95. The van der Waals surface area contributed by atoms with Gasteiger partial charge in [-0.15, -0.1) is 11.3 Å². The number of carboxylic acids is 1. The highest BCUT2D eigenvalue weighted by Crippen LogP contribution is 2.34. The van der Waals surface area contributed by atoms with Gasteiger partial charge >= 0.3 is 5.97 Å². The van der Waals surface area contributed by atoms with Crippen molar-refractivity contribution in [2.75, 3.05) is 6.54 Å². The van der Waals surface area contributed by atoms with Crippen LogP contribution in [0.5, 0.6) is 0 Å². The highest BCUT2D eigenvalue weighted by Gasteiger charge is 2.36. The highest BCUT2D eigenvalue weighted by atomic mass is 79.9. The predicted octanol–water partition coefficient (Wildman–Crippen LogP) is 2.84. The van der Waals surface area contributed by atoms with Crippen molar-refractivity contribution < 1.29 is 18.3 Å². The van der Waals surface area contributed by atoms with Crippen LogP contribution in [0, 0.1) is 6.92 Å². The zero-order chi connectivity index (χ0) is 14.9. The van der Waals surface area contributed by atoms with Crippen molar-refractivity contribution in [1.29, 1.82) is 0 Å². The van der Waals surface area contributed by atoms with Crippen LogP contribution in [0.25, 0.3) is 0 Å². The molecule has 0 saturated heterocycles. The van der Waals surface area contributed by atoms with Crippen molar-refractivity contribution in [2.24, 2.45) is 0 Å². The molecule has 1 aromatic heterocycles. The van der Waals surface area contributed by atoms with Crippen LogP contribution in [-0.4, -0.2) is 36.4 Å². The van der Waals surface area contributed by atoms with Crippen LogP contribution in [0.3, 0.4) is 0 Å². The SMILES string of the molecule is Cc1sc(Br)cc1S(=O)(=O)N(CC(=O)O)C1CCCC1. The van der Waals surface area contributed by atoms with Gasteiger partial charge in [-0.2, -0.15) is 4.31 Å². The lowest BCUT2D eigenvalue weighted by atomic mass is 10.2. The van der Waals surface area contributed by atoms with Gasteiger partial charge in [0, 0.05) is 10.9 Å². The summed E-state index contributed by atoms with van der Waals surface area (Å²) in [6.07, 6.45) is 3.36. The number of hydrogen-bond acceptors (Lipinski definition) is 4. The fraction of sp³-hybridized carbons (Fsp3) is 0.583. The van der Waals surface area contributed by atoms with Crippen molar-refractivity contribution >= 4 is 43.3 Å². The number of sulfonamides is 1. The molecule has 1 fully saturated rings. The van der Waals surface area contributed by atoms with E-state index in [-0.39, 0.29) is 10.9 Å². The number of carbonyl (C=O) groups is 1. The summed E-state index contributed by atoms with van der Waals surface area (Å²) in [5.74, 6) is -1.12. The second-order valence-electron chi connectivity index (χ2n) is 4.85. The summed E-state index contributed by atoms with van der Waals surface area (Å²) in [6, 6.07) is 1.35. The molecule has 0 aromatic carbocycles. The van der Waals surface area contributed by atoms with Crippen LogP contribution in [-0.2, 0) is 14.8 Å². The lowest BCUT2D eigenvalue weighted by molar-refractivity contribution is -0.137. The Bertz CT molecular complexity index is 605. The summed E-state index contributed by atoms with van der Waals surface area (Å²) in [5, 5.41) is 9.02. The van der Waals surface area contributed by atoms with Crippen molar-refractivity contribution in [3.63, 3.8) is 0 Å². The Kier molecular flexibility index (Phi) is 4.88. The Balaban J connectivity index is 2.40. The first-order valence-electron chi connectivity index (χ1n) is 6.32. The van der Waals surface area contributed by atoms with E-state index in [4.69, 9.17) is 5.11 Å². The van der Waals surface area contributed by atoms with Gasteiger partial charge < -0.3 is 5.11 Å². The molecule has 112 valence electrons. The second-order valence-corrected chi connectivity index (χ2v) is 9.35. The first-order chi connectivity index (χ1) is 9.32. The van der Waals surface area contributed by atoms with E-state index in [0.29, 0.717) is 4.88 Å². The monoisotopic (exact) mass is 381 g/mol. The molecule has 0 spiro atoms. The summed E-state index contributed by atoms with van der Waals surface area (Å²) < 4.78 is 27.4. The largest absolute Gasteiger partial charge is 0.480 e. The van der Waals surface area contributed by atoms with Gasteiger partial charge in [-0.1, -0.05) is 12.8 Å². The molecule has 8 heteroatoms. The third-order valence-corrected chi connectivity index (χ3v) is 7.16. The van der Waals surface area contributed by atoms with Gasteiger partial charge in [0.1, 0.15) is 6.54 Å². The third kappa shape index (κ3) is 3.24. The van der Waals surface area contributed by atoms with Crippen LogP contribution in [0.15, 0.2) is 14.7 Å². The van der Waals surface area contributed by atoms with Gasteiger partial charge in [0.2, 0.25) is 10.0 Å². The highest BCUT2D eigenvalue weighted by molar-refractivity contribution is 9.11. The predicted molar refractivity (Wildman–Crippen MR) is 80.5 cm³/mol. The molecule has 0 aliphatic heterocycles. The molecule has 0 atom stereocenters. The van der Waals surface area contributed by atoms with Crippen molar-refractivity contribution in [3.8, 4) is 0 Å². The fourth-order valence-corrected chi connectivity index (χ4v) is 6.57. The Morgan fingerprint density at radius 2 is 2.10 bits per heavy atom. The first-order valence-corrected chi connectivity index (χ1v) is 9.37. The topological polar surface area (TPSA) is 74.7 Å². The van der Waals surface area contributed by atoms with E-state index in [2.05, 4.69) is 15.9 Å². The summed E-state index contributed by atoms with van der Waals surface area (Å²) in [7, 11) is -3.76. The first kappa shape index (κ1) is 15.9. The number of thiophene rings is 1. The Morgan fingerprint density at radius 1 is 1.50 bits per heavy atom. The van der Waals surface area contributed by atoms with Crippen LogP contribution in [0.4, 0.5) is 0 Å². The molecule has 1 aromatic rings. The normalized spacial score (nSPS) is 16.9. The molecule has 0 unspecified atom stereocenters. The van der Waals surface area contributed by atoms with E-state index in [9.17, 15) is 13.2 Å². The third-order valence-electron chi connectivity index (χ3n) is 3.45. The molecule has 0 amide bonds. The number of halogens is 1. The number of nitrogens with zero attached hydrogens (tertiary/aromatic N) is 1. The fourth-order valence-electron chi connectivity index (χ4n) is 2.55. The molecular weight excluding hydrogens is 366 g/mol. The number of aliphatic carboxylic acids is 1. The molecule has 1 aliphatic carbocycles. The Morgan fingerprint density at radius 3 is 2.55 bits per heavy atom. The Hall–Kier alpha value is -0.440.